The number of thioether (sulfide) groups is 1. The number of para-hydroxylation sites is 1. The molecule has 0 saturated carbocycles. The summed E-state index contributed by atoms with van der Waals surface area (Å²) in [6, 6.07) is 19.5. The second-order valence-electron chi connectivity index (χ2n) is 8.11. The van der Waals surface area contributed by atoms with E-state index in [-0.39, 0.29) is 17.6 Å². The molecule has 3 aromatic carbocycles. The van der Waals surface area contributed by atoms with E-state index < -0.39 is 5.82 Å². The van der Waals surface area contributed by atoms with Crippen LogP contribution in [0.3, 0.4) is 0 Å². The van der Waals surface area contributed by atoms with Crippen LogP contribution in [0, 0.1) is 19.7 Å². The van der Waals surface area contributed by atoms with Crippen LogP contribution in [0.4, 0.5) is 10.1 Å². The van der Waals surface area contributed by atoms with Crippen molar-refractivity contribution in [1.29, 1.82) is 0 Å². The molecule has 0 saturated heterocycles. The van der Waals surface area contributed by atoms with Gasteiger partial charge in [-0.3, -0.25) is 9.59 Å². The van der Waals surface area contributed by atoms with Gasteiger partial charge in [0.25, 0.3) is 5.91 Å². The number of carbonyl (C=O) groups excluding carboxylic acids is 2. The SMILES string of the molecule is Cc1ccc(C(=O)NCCn2cc(SCC(=O)Nc3cccc(F)c3)c3ccccc32)cc1C. The highest BCUT2D eigenvalue weighted by atomic mass is 32.2. The van der Waals surface area contributed by atoms with Gasteiger partial charge in [-0.05, 0) is 61.4 Å². The van der Waals surface area contributed by atoms with Crippen molar-refractivity contribution in [3.05, 3.63) is 95.4 Å². The van der Waals surface area contributed by atoms with Crippen molar-refractivity contribution >= 4 is 40.2 Å². The number of aryl methyl sites for hydroxylation is 2. The molecule has 0 aliphatic rings. The van der Waals surface area contributed by atoms with Gasteiger partial charge in [-0.25, -0.2) is 4.39 Å². The van der Waals surface area contributed by atoms with Gasteiger partial charge in [-0.2, -0.15) is 0 Å². The van der Waals surface area contributed by atoms with Crippen LogP contribution in [-0.4, -0.2) is 28.7 Å². The predicted molar refractivity (Wildman–Crippen MR) is 136 cm³/mol. The summed E-state index contributed by atoms with van der Waals surface area (Å²) in [6.07, 6.45) is 2.01. The normalized spacial score (nSPS) is 10.9. The minimum atomic E-state index is -0.391. The van der Waals surface area contributed by atoms with Gasteiger partial charge in [0.05, 0.1) is 5.75 Å². The average molecular weight is 476 g/mol. The summed E-state index contributed by atoms with van der Waals surface area (Å²) < 4.78 is 15.4. The van der Waals surface area contributed by atoms with E-state index in [2.05, 4.69) is 15.2 Å². The lowest BCUT2D eigenvalue weighted by atomic mass is 10.1. The number of nitrogens with one attached hydrogen (secondary N) is 2. The molecule has 2 amide bonds. The van der Waals surface area contributed by atoms with Crippen LogP contribution in [0.2, 0.25) is 0 Å². The molecule has 0 atom stereocenters. The number of halogens is 1. The molecule has 34 heavy (non-hydrogen) atoms. The second kappa shape index (κ2) is 10.6. The van der Waals surface area contributed by atoms with Crippen molar-refractivity contribution in [2.45, 2.75) is 25.3 Å². The van der Waals surface area contributed by atoms with Crippen LogP contribution in [-0.2, 0) is 11.3 Å². The maximum Gasteiger partial charge on any atom is 0.251 e. The lowest BCUT2D eigenvalue weighted by Crippen LogP contribution is -2.27. The van der Waals surface area contributed by atoms with Gasteiger partial charge in [0.15, 0.2) is 0 Å². The van der Waals surface area contributed by atoms with Gasteiger partial charge < -0.3 is 15.2 Å². The molecule has 0 fully saturated rings. The summed E-state index contributed by atoms with van der Waals surface area (Å²) in [5.41, 5.74) is 4.38. The minimum Gasteiger partial charge on any atom is -0.350 e. The average Bonchev–Trinajstić information content (AvgIpc) is 3.17. The molecule has 174 valence electrons. The standard InChI is InChI=1S/C27H26FN3O2S/c1-18-10-11-20(14-19(18)2)27(33)29-12-13-31-16-25(23-8-3-4-9-24(23)31)34-17-26(32)30-22-7-5-6-21(28)15-22/h3-11,14-16H,12-13,17H2,1-2H3,(H,29,33)(H,30,32). The van der Waals surface area contributed by atoms with Crippen molar-refractivity contribution < 1.29 is 14.0 Å². The maximum atomic E-state index is 13.3. The third kappa shape index (κ3) is 5.66. The molecule has 2 N–H and O–H groups in total. The molecule has 0 aliphatic heterocycles. The number of amides is 2. The molecule has 0 unspecified atom stereocenters. The number of anilines is 1. The summed E-state index contributed by atoms with van der Waals surface area (Å²) in [5, 5.41) is 6.76. The molecular formula is C27H26FN3O2S. The molecule has 7 heteroatoms. The topological polar surface area (TPSA) is 63.1 Å². The lowest BCUT2D eigenvalue weighted by molar-refractivity contribution is -0.113. The predicted octanol–water partition coefficient (Wildman–Crippen LogP) is 5.56. The van der Waals surface area contributed by atoms with Crippen molar-refractivity contribution in [3.8, 4) is 0 Å². The molecule has 0 aliphatic carbocycles. The number of rotatable bonds is 8. The summed E-state index contributed by atoms with van der Waals surface area (Å²) in [4.78, 5) is 25.9. The first-order valence-electron chi connectivity index (χ1n) is 11.0. The monoisotopic (exact) mass is 475 g/mol. The van der Waals surface area contributed by atoms with Gasteiger partial charge >= 0.3 is 0 Å². The van der Waals surface area contributed by atoms with Gasteiger partial charge in [0.2, 0.25) is 5.91 Å². The van der Waals surface area contributed by atoms with Crippen LogP contribution in [0.5, 0.6) is 0 Å². The maximum absolute atomic E-state index is 13.3. The quantitative estimate of drug-likeness (QED) is 0.328. The first kappa shape index (κ1) is 23.6. The Labute approximate surface area is 202 Å². The van der Waals surface area contributed by atoms with Crippen LogP contribution >= 0.6 is 11.8 Å². The Morgan fingerprint density at radius 3 is 2.59 bits per heavy atom. The molecule has 1 heterocycles. The van der Waals surface area contributed by atoms with E-state index >= 15 is 0 Å². The molecular weight excluding hydrogens is 449 g/mol. The summed E-state index contributed by atoms with van der Waals surface area (Å²) in [7, 11) is 0. The van der Waals surface area contributed by atoms with Gasteiger partial charge in [0.1, 0.15) is 5.82 Å². The number of nitrogens with zero attached hydrogens (tertiary/aromatic N) is 1. The van der Waals surface area contributed by atoms with Crippen LogP contribution in [0.1, 0.15) is 21.5 Å². The fourth-order valence-corrected chi connectivity index (χ4v) is 4.58. The Bertz CT molecular complexity index is 1350. The van der Waals surface area contributed by atoms with E-state index in [4.69, 9.17) is 0 Å². The zero-order valence-electron chi connectivity index (χ0n) is 19.1. The first-order valence-corrected chi connectivity index (χ1v) is 12.0. The fourth-order valence-electron chi connectivity index (χ4n) is 3.69. The molecule has 4 aromatic rings. The van der Waals surface area contributed by atoms with Gasteiger partial charge in [-0.15, -0.1) is 11.8 Å². The van der Waals surface area contributed by atoms with E-state index in [9.17, 15) is 14.0 Å². The Morgan fingerprint density at radius 1 is 0.971 bits per heavy atom. The number of fused-ring (bicyclic) bond motifs is 1. The van der Waals surface area contributed by atoms with E-state index in [1.165, 1.54) is 23.9 Å². The van der Waals surface area contributed by atoms with Crippen molar-refractivity contribution in [2.75, 3.05) is 17.6 Å². The Kier molecular flexibility index (Phi) is 7.33. The van der Waals surface area contributed by atoms with Crippen molar-refractivity contribution in [3.63, 3.8) is 0 Å². The highest BCUT2D eigenvalue weighted by Gasteiger charge is 2.12. The largest absolute Gasteiger partial charge is 0.350 e. The molecule has 5 nitrogen and oxygen atoms in total. The third-order valence-corrected chi connectivity index (χ3v) is 6.67. The fraction of sp³-hybridized carbons (Fsp3) is 0.185. The highest BCUT2D eigenvalue weighted by Crippen LogP contribution is 2.30. The van der Waals surface area contributed by atoms with E-state index in [0.29, 0.717) is 24.3 Å². The van der Waals surface area contributed by atoms with Gasteiger partial charge in [-0.1, -0.05) is 30.3 Å². The number of benzene rings is 3. The van der Waals surface area contributed by atoms with E-state index in [1.807, 2.05) is 62.5 Å². The first-order chi connectivity index (χ1) is 16.4. The van der Waals surface area contributed by atoms with Crippen molar-refractivity contribution in [1.82, 2.24) is 9.88 Å². The number of carbonyl (C=O) groups is 2. The zero-order valence-corrected chi connectivity index (χ0v) is 19.9. The summed E-state index contributed by atoms with van der Waals surface area (Å²) in [5.74, 6) is -0.483. The Morgan fingerprint density at radius 2 is 1.79 bits per heavy atom. The number of hydrogen-bond acceptors (Lipinski definition) is 3. The van der Waals surface area contributed by atoms with Crippen LogP contribution < -0.4 is 10.6 Å². The summed E-state index contributed by atoms with van der Waals surface area (Å²) >= 11 is 1.43. The molecule has 0 bridgehead atoms. The molecule has 0 spiro atoms. The minimum absolute atomic E-state index is 0.0943. The van der Waals surface area contributed by atoms with Crippen LogP contribution in [0.15, 0.2) is 77.8 Å². The molecule has 0 radical (unpaired) electrons. The Hall–Kier alpha value is -3.58. The molecule has 1 aromatic heterocycles. The highest BCUT2D eigenvalue weighted by molar-refractivity contribution is 8.00. The summed E-state index contributed by atoms with van der Waals surface area (Å²) in [6.45, 7) is 5.10. The Balaban J connectivity index is 1.38. The number of hydrogen-bond donors (Lipinski definition) is 2. The lowest BCUT2D eigenvalue weighted by Gasteiger charge is -2.09. The second-order valence-corrected chi connectivity index (χ2v) is 9.12. The molecule has 4 rings (SSSR count). The van der Waals surface area contributed by atoms with Gasteiger partial charge in [0, 0.05) is 46.3 Å². The van der Waals surface area contributed by atoms with Crippen LogP contribution in [0.25, 0.3) is 10.9 Å². The number of aromatic nitrogens is 1. The smallest absolute Gasteiger partial charge is 0.251 e. The van der Waals surface area contributed by atoms with E-state index in [0.717, 1.165) is 26.9 Å². The van der Waals surface area contributed by atoms with Crippen molar-refractivity contribution in [2.24, 2.45) is 0 Å². The van der Waals surface area contributed by atoms with E-state index in [1.54, 1.807) is 12.1 Å². The zero-order chi connectivity index (χ0) is 24.1. The third-order valence-electron chi connectivity index (χ3n) is 5.63.